The van der Waals surface area contributed by atoms with E-state index in [0.717, 1.165) is 55.6 Å². The first-order valence-electron chi connectivity index (χ1n) is 8.76. The molecule has 0 aliphatic rings. The molecular weight excluding hydrogens is 510 g/mol. The topological polar surface area (TPSA) is 86.4 Å². The predicted octanol–water partition coefficient (Wildman–Crippen LogP) is 4.96. The number of hydrogen-bond acceptors (Lipinski definition) is 5. The van der Waals surface area contributed by atoms with Gasteiger partial charge in [-0.1, -0.05) is 25.4 Å². The lowest BCUT2D eigenvalue weighted by Crippen LogP contribution is -2.07. The largest absolute Gasteiger partial charge is 0.383 e. The molecule has 4 rings (SSSR count). The fourth-order valence-electron chi connectivity index (χ4n) is 3.05. The van der Waals surface area contributed by atoms with Gasteiger partial charge in [0.15, 0.2) is 11.3 Å². The van der Waals surface area contributed by atoms with Gasteiger partial charge < -0.3 is 5.73 Å². The Labute approximate surface area is 184 Å². The monoisotopic (exact) mass is 527 g/mol. The van der Waals surface area contributed by atoms with Crippen molar-refractivity contribution in [3.8, 4) is 0 Å². The number of hydrogen-bond donors (Lipinski definition) is 1. The first-order chi connectivity index (χ1) is 13.3. The first-order valence-corrected chi connectivity index (χ1v) is 10.7. The number of aromatic nitrogens is 6. The highest BCUT2D eigenvalue weighted by atomic mass is 79.9. The molecule has 28 heavy (non-hydrogen) atoms. The van der Waals surface area contributed by atoms with Crippen LogP contribution in [0.5, 0.6) is 0 Å². The number of nitrogens with two attached hydrogens (primary N) is 1. The average Bonchev–Trinajstić information content (AvgIpc) is 3.20. The van der Waals surface area contributed by atoms with Gasteiger partial charge in [0.2, 0.25) is 0 Å². The molecule has 2 N–H and O–H groups in total. The van der Waals surface area contributed by atoms with Gasteiger partial charge in [0.1, 0.15) is 11.0 Å². The van der Waals surface area contributed by atoms with E-state index in [-0.39, 0.29) is 0 Å². The van der Waals surface area contributed by atoms with E-state index in [4.69, 9.17) is 17.3 Å². The Balaban J connectivity index is 0.000000161. The summed E-state index contributed by atoms with van der Waals surface area (Å²) in [6.07, 6.45) is 5.15. The maximum absolute atomic E-state index is 6.20. The summed E-state index contributed by atoms with van der Waals surface area (Å²) < 4.78 is 5.05. The van der Waals surface area contributed by atoms with Crippen LogP contribution in [0.4, 0.5) is 5.82 Å². The van der Waals surface area contributed by atoms with Gasteiger partial charge in [0.05, 0.1) is 21.3 Å². The Kier molecular flexibility index (Phi) is 6.26. The summed E-state index contributed by atoms with van der Waals surface area (Å²) >= 11 is 13.0. The fraction of sp³-hybridized carbons (Fsp3) is 0.333. The summed E-state index contributed by atoms with van der Waals surface area (Å²) in [5, 5.41) is 8.95. The summed E-state index contributed by atoms with van der Waals surface area (Å²) in [4.78, 5) is 8.88. The van der Waals surface area contributed by atoms with Gasteiger partial charge in [-0.15, -0.1) is 0 Å². The number of anilines is 1. The molecule has 0 atom stereocenters. The number of nitrogen functional groups attached to an aromatic ring is 1. The Morgan fingerprint density at radius 1 is 0.893 bits per heavy atom. The number of nitrogens with zero attached hydrogens (tertiary/aromatic N) is 6. The number of fused-ring (bicyclic) bond motifs is 2. The zero-order chi connectivity index (χ0) is 20.6. The van der Waals surface area contributed by atoms with Crippen LogP contribution in [-0.4, -0.2) is 29.2 Å². The quantitative estimate of drug-likeness (QED) is 0.371. The second-order valence-electron chi connectivity index (χ2n) is 6.19. The van der Waals surface area contributed by atoms with Gasteiger partial charge in [-0.05, 0) is 58.5 Å². The molecule has 4 heterocycles. The number of halogens is 3. The van der Waals surface area contributed by atoms with Crippen LogP contribution >= 0.6 is 43.5 Å². The first kappa shape index (κ1) is 21.0. The molecule has 0 saturated carbocycles. The third-order valence-electron chi connectivity index (χ3n) is 4.50. The van der Waals surface area contributed by atoms with Crippen molar-refractivity contribution in [1.82, 2.24) is 29.2 Å². The molecule has 0 unspecified atom stereocenters. The highest BCUT2D eigenvalue weighted by Crippen LogP contribution is 2.24. The Bertz CT molecular complexity index is 1070. The number of rotatable bonds is 2. The second-order valence-corrected chi connectivity index (χ2v) is 8.26. The lowest BCUT2D eigenvalue weighted by Gasteiger charge is -2.08. The molecule has 4 aromatic rings. The lowest BCUT2D eigenvalue weighted by molar-refractivity contribution is 0.895. The van der Waals surface area contributed by atoms with Gasteiger partial charge in [-0.3, -0.25) is 0 Å². The van der Waals surface area contributed by atoms with Crippen molar-refractivity contribution in [2.24, 2.45) is 0 Å². The molecule has 4 aromatic heterocycles. The van der Waals surface area contributed by atoms with Crippen LogP contribution in [0.3, 0.4) is 0 Å². The van der Waals surface area contributed by atoms with E-state index in [9.17, 15) is 0 Å². The Morgan fingerprint density at radius 3 is 1.89 bits per heavy atom. The smallest absolute Gasteiger partial charge is 0.171 e. The van der Waals surface area contributed by atoms with Crippen LogP contribution in [0.1, 0.15) is 36.4 Å². The van der Waals surface area contributed by atoms with Gasteiger partial charge >= 0.3 is 0 Å². The van der Waals surface area contributed by atoms with E-state index in [0.29, 0.717) is 11.0 Å². The molecule has 7 nitrogen and oxygen atoms in total. The highest BCUT2D eigenvalue weighted by Gasteiger charge is 2.12. The summed E-state index contributed by atoms with van der Waals surface area (Å²) in [6.45, 7) is 8.05. The average molecular weight is 530 g/mol. The summed E-state index contributed by atoms with van der Waals surface area (Å²) in [6, 6.07) is 0. The number of aryl methyl sites for hydroxylation is 2. The normalized spacial score (nSPS) is 11.1. The molecule has 0 aromatic carbocycles. The molecule has 0 radical (unpaired) electrons. The zero-order valence-corrected chi connectivity index (χ0v) is 19.9. The van der Waals surface area contributed by atoms with Crippen molar-refractivity contribution in [2.75, 3.05) is 5.73 Å². The van der Waals surface area contributed by atoms with E-state index < -0.39 is 0 Å². The standard InChI is InChI=1S/C9H9BrClN3.C9H11BrN4/c2*1-3-6-5(2)13-9-7(10)4-12-14(9)8(6)11/h4H,3H2,1-2H3;4H,3,11H2,1-2H3. The lowest BCUT2D eigenvalue weighted by atomic mass is 10.2. The fourth-order valence-corrected chi connectivity index (χ4v) is 4.14. The van der Waals surface area contributed by atoms with E-state index >= 15 is 0 Å². The summed E-state index contributed by atoms with van der Waals surface area (Å²) in [5.74, 6) is 0.681. The Morgan fingerprint density at radius 2 is 1.36 bits per heavy atom. The van der Waals surface area contributed by atoms with E-state index in [1.165, 1.54) is 0 Å². The van der Waals surface area contributed by atoms with Crippen LogP contribution in [0.15, 0.2) is 21.3 Å². The molecular formula is C18H20Br2ClN7. The summed E-state index contributed by atoms with van der Waals surface area (Å²) in [5.41, 5.74) is 11.6. The van der Waals surface area contributed by atoms with Crippen molar-refractivity contribution in [3.63, 3.8) is 0 Å². The second kappa shape index (κ2) is 8.34. The Hall–Kier alpha value is -1.71. The minimum atomic E-state index is 0.653. The van der Waals surface area contributed by atoms with E-state index in [1.807, 2.05) is 13.8 Å². The van der Waals surface area contributed by atoms with Crippen LogP contribution in [0, 0.1) is 13.8 Å². The predicted molar refractivity (Wildman–Crippen MR) is 119 cm³/mol. The van der Waals surface area contributed by atoms with Crippen molar-refractivity contribution < 1.29 is 0 Å². The van der Waals surface area contributed by atoms with Gasteiger partial charge in [0.25, 0.3) is 0 Å². The molecule has 0 aliphatic heterocycles. The molecule has 0 saturated heterocycles. The van der Waals surface area contributed by atoms with Gasteiger partial charge in [-0.2, -0.15) is 14.7 Å². The van der Waals surface area contributed by atoms with Crippen LogP contribution in [0.2, 0.25) is 5.15 Å². The minimum absolute atomic E-state index is 0.653. The van der Waals surface area contributed by atoms with Crippen molar-refractivity contribution in [2.45, 2.75) is 40.5 Å². The maximum Gasteiger partial charge on any atom is 0.171 e. The van der Waals surface area contributed by atoms with Crippen molar-refractivity contribution in [1.29, 1.82) is 0 Å². The van der Waals surface area contributed by atoms with Crippen LogP contribution in [-0.2, 0) is 12.8 Å². The third-order valence-corrected chi connectivity index (χ3v) is 6.01. The molecule has 148 valence electrons. The van der Waals surface area contributed by atoms with Crippen LogP contribution in [0.25, 0.3) is 11.3 Å². The maximum atomic E-state index is 6.20. The SMILES string of the molecule is CCc1c(C)nc2c(Br)cnn2c1Cl.CCc1c(C)nc2c(Br)cnn2c1N. The summed E-state index contributed by atoms with van der Waals surface area (Å²) in [7, 11) is 0. The van der Waals surface area contributed by atoms with Crippen LogP contribution < -0.4 is 5.73 Å². The van der Waals surface area contributed by atoms with Crippen molar-refractivity contribution in [3.05, 3.63) is 49.0 Å². The van der Waals surface area contributed by atoms with Gasteiger partial charge in [0, 0.05) is 22.5 Å². The molecule has 0 spiro atoms. The van der Waals surface area contributed by atoms with Gasteiger partial charge in [-0.25, -0.2) is 14.5 Å². The molecule has 0 aliphatic carbocycles. The molecule has 0 fully saturated rings. The molecule has 10 heteroatoms. The van der Waals surface area contributed by atoms with E-state index in [2.05, 4.69) is 65.9 Å². The zero-order valence-electron chi connectivity index (χ0n) is 16.0. The van der Waals surface area contributed by atoms with E-state index in [1.54, 1.807) is 21.4 Å². The molecule has 0 amide bonds. The minimum Gasteiger partial charge on any atom is -0.383 e. The highest BCUT2D eigenvalue weighted by molar-refractivity contribution is 9.11. The third kappa shape index (κ3) is 3.62. The molecule has 0 bridgehead atoms. The van der Waals surface area contributed by atoms with Crippen molar-refractivity contribution >= 4 is 60.6 Å².